The van der Waals surface area contributed by atoms with E-state index in [1.165, 1.54) is 7.11 Å². The molecule has 0 saturated carbocycles. The Bertz CT molecular complexity index is 439. The van der Waals surface area contributed by atoms with Gasteiger partial charge in [-0.3, -0.25) is 0 Å². The first-order valence-electron chi connectivity index (χ1n) is 6.98. The molecule has 1 heterocycles. The van der Waals surface area contributed by atoms with E-state index in [0.717, 1.165) is 38.0 Å². The summed E-state index contributed by atoms with van der Waals surface area (Å²) in [7, 11) is 1.37. The largest absolute Gasteiger partial charge is 0.465 e. The number of methoxy groups -OCH3 is 1. The first kappa shape index (κ1) is 14.8. The Morgan fingerprint density at radius 3 is 2.60 bits per heavy atom. The molecule has 5 nitrogen and oxygen atoms in total. The number of ether oxygens (including phenoxy) is 1. The number of rotatable bonds is 5. The minimum absolute atomic E-state index is 0.333. The highest BCUT2D eigenvalue weighted by Crippen LogP contribution is 2.22. The van der Waals surface area contributed by atoms with Crippen LogP contribution in [0.5, 0.6) is 0 Å². The highest BCUT2D eigenvalue weighted by Gasteiger charge is 2.28. The van der Waals surface area contributed by atoms with Gasteiger partial charge in [0.1, 0.15) is 0 Å². The zero-order valence-corrected chi connectivity index (χ0v) is 11.8. The Labute approximate surface area is 119 Å². The number of benzene rings is 1. The lowest BCUT2D eigenvalue weighted by atomic mass is 9.89. The van der Waals surface area contributed by atoms with Gasteiger partial charge in [-0.1, -0.05) is 0 Å². The van der Waals surface area contributed by atoms with Gasteiger partial charge >= 0.3 is 5.97 Å². The van der Waals surface area contributed by atoms with Gasteiger partial charge in [-0.2, -0.15) is 0 Å². The summed E-state index contributed by atoms with van der Waals surface area (Å²) in [5.41, 5.74) is 0.926. The van der Waals surface area contributed by atoms with Crippen LogP contribution in [0.2, 0.25) is 0 Å². The molecule has 0 spiro atoms. The zero-order chi connectivity index (χ0) is 14.4. The molecule has 1 aromatic rings. The lowest BCUT2D eigenvalue weighted by Crippen LogP contribution is -2.42. The number of nitrogens with one attached hydrogen (secondary N) is 2. The van der Waals surface area contributed by atoms with Crippen LogP contribution in [0.15, 0.2) is 24.3 Å². The van der Waals surface area contributed by atoms with E-state index >= 15 is 0 Å². The maximum absolute atomic E-state index is 11.3. The van der Waals surface area contributed by atoms with Crippen molar-refractivity contribution >= 4 is 11.7 Å². The van der Waals surface area contributed by atoms with Gasteiger partial charge in [0.25, 0.3) is 0 Å². The molecule has 0 aromatic heterocycles. The van der Waals surface area contributed by atoms with E-state index in [-0.39, 0.29) is 5.97 Å². The molecule has 0 unspecified atom stereocenters. The molecule has 1 fully saturated rings. The summed E-state index contributed by atoms with van der Waals surface area (Å²) in [6, 6.07) is 7.15. The number of carbonyl (C=O) groups excluding carboxylic acids is 1. The average Bonchev–Trinajstić information content (AvgIpc) is 2.48. The Kier molecular flexibility index (Phi) is 4.98. The third-order valence-electron chi connectivity index (χ3n) is 3.76. The van der Waals surface area contributed by atoms with Gasteiger partial charge in [0.15, 0.2) is 0 Å². The van der Waals surface area contributed by atoms with Crippen molar-refractivity contribution in [2.45, 2.75) is 24.9 Å². The monoisotopic (exact) mass is 278 g/mol. The van der Waals surface area contributed by atoms with Gasteiger partial charge in [0.2, 0.25) is 0 Å². The second kappa shape index (κ2) is 6.72. The van der Waals surface area contributed by atoms with Crippen LogP contribution in [0.3, 0.4) is 0 Å². The maximum Gasteiger partial charge on any atom is 0.337 e. The standard InChI is InChI=1S/C15H22N2O3/c1-20-14(18)12-2-4-13(5-3-12)17-11-8-15(19)6-9-16-10-7-15/h2-5,16-17,19H,6-11H2,1H3. The van der Waals surface area contributed by atoms with Crippen LogP contribution >= 0.6 is 0 Å². The van der Waals surface area contributed by atoms with Crippen LogP contribution < -0.4 is 10.6 Å². The number of anilines is 1. The van der Waals surface area contributed by atoms with Crippen molar-refractivity contribution in [1.29, 1.82) is 0 Å². The molecule has 20 heavy (non-hydrogen) atoms. The molecule has 5 heteroatoms. The third kappa shape index (κ3) is 3.95. The Balaban J connectivity index is 1.80. The van der Waals surface area contributed by atoms with Crippen molar-refractivity contribution in [2.75, 3.05) is 32.1 Å². The van der Waals surface area contributed by atoms with Crippen LogP contribution in [0.25, 0.3) is 0 Å². The molecule has 3 N–H and O–H groups in total. The lowest BCUT2D eigenvalue weighted by Gasteiger charge is -2.32. The molecule has 0 bridgehead atoms. The summed E-state index contributed by atoms with van der Waals surface area (Å²) in [5, 5.41) is 16.9. The van der Waals surface area contributed by atoms with Gasteiger partial charge < -0.3 is 20.5 Å². The second-order valence-electron chi connectivity index (χ2n) is 5.22. The molecule has 110 valence electrons. The molecule has 2 rings (SSSR count). The van der Waals surface area contributed by atoms with Gasteiger partial charge in [-0.05, 0) is 56.6 Å². The molecular weight excluding hydrogens is 256 g/mol. The molecule has 0 radical (unpaired) electrons. The van der Waals surface area contributed by atoms with E-state index in [1.807, 2.05) is 12.1 Å². The van der Waals surface area contributed by atoms with Gasteiger partial charge in [-0.25, -0.2) is 4.79 Å². The third-order valence-corrected chi connectivity index (χ3v) is 3.76. The molecule has 1 aliphatic rings. The highest BCUT2D eigenvalue weighted by molar-refractivity contribution is 5.89. The Morgan fingerprint density at radius 2 is 2.00 bits per heavy atom. The predicted octanol–water partition coefficient (Wildman–Crippen LogP) is 1.39. The molecule has 1 aromatic carbocycles. The zero-order valence-electron chi connectivity index (χ0n) is 11.8. The van der Waals surface area contributed by atoms with Crippen molar-refractivity contribution in [3.8, 4) is 0 Å². The summed E-state index contributed by atoms with van der Waals surface area (Å²) >= 11 is 0. The van der Waals surface area contributed by atoms with E-state index in [2.05, 4.69) is 15.4 Å². The van der Waals surface area contributed by atoms with Crippen LogP contribution in [0.4, 0.5) is 5.69 Å². The number of aliphatic hydroxyl groups is 1. The fourth-order valence-corrected chi connectivity index (χ4v) is 2.42. The quantitative estimate of drug-likeness (QED) is 0.710. The molecule has 1 saturated heterocycles. The van der Waals surface area contributed by atoms with Crippen molar-refractivity contribution < 1.29 is 14.6 Å². The molecule has 0 atom stereocenters. The summed E-state index contributed by atoms with van der Waals surface area (Å²) in [6.07, 6.45) is 2.33. The first-order chi connectivity index (χ1) is 9.63. The summed E-state index contributed by atoms with van der Waals surface area (Å²) in [6.45, 7) is 2.47. The van der Waals surface area contributed by atoms with Crippen molar-refractivity contribution in [1.82, 2.24) is 5.32 Å². The van der Waals surface area contributed by atoms with Gasteiger partial charge in [0, 0.05) is 12.2 Å². The van der Waals surface area contributed by atoms with Crippen molar-refractivity contribution in [3.63, 3.8) is 0 Å². The highest BCUT2D eigenvalue weighted by atomic mass is 16.5. The average molecular weight is 278 g/mol. The first-order valence-corrected chi connectivity index (χ1v) is 6.98. The van der Waals surface area contributed by atoms with Crippen molar-refractivity contribution in [2.24, 2.45) is 0 Å². The smallest absolute Gasteiger partial charge is 0.337 e. The molecule has 0 aliphatic carbocycles. The molecule has 0 amide bonds. The van der Waals surface area contributed by atoms with E-state index in [0.29, 0.717) is 12.1 Å². The number of hydrogen-bond acceptors (Lipinski definition) is 5. The lowest BCUT2D eigenvalue weighted by molar-refractivity contribution is 0.00573. The second-order valence-corrected chi connectivity index (χ2v) is 5.22. The van der Waals surface area contributed by atoms with Gasteiger partial charge in [0.05, 0.1) is 18.3 Å². The van der Waals surface area contributed by atoms with E-state index < -0.39 is 5.60 Å². The fraction of sp³-hybridized carbons (Fsp3) is 0.533. The van der Waals surface area contributed by atoms with Crippen LogP contribution in [-0.4, -0.2) is 43.4 Å². The van der Waals surface area contributed by atoms with E-state index in [4.69, 9.17) is 0 Å². The van der Waals surface area contributed by atoms with Crippen molar-refractivity contribution in [3.05, 3.63) is 29.8 Å². The predicted molar refractivity (Wildman–Crippen MR) is 77.9 cm³/mol. The number of piperidine rings is 1. The number of carbonyl (C=O) groups is 1. The van der Waals surface area contributed by atoms with Crippen LogP contribution in [-0.2, 0) is 4.74 Å². The molecule has 1 aliphatic heterocycles. The number of esters is 1. The fourth-order valence-electron chi connectivity index (χ4n) is 2.42. The topological polar surface area (TPSA) is 70.6 Å². The van der Waals surface area contributed by atoms with Crippen LogP contribution in [0.1, 0.15) is 29.6 Å². The van der Waals surface area contributed by atoms with Gasteiger partial charge in [-0.15, -0.1) is 0 Å². The summed E-state index contributed by atoms with van der Waals surface area (Å²) in [5.74, 6) is -0.333. The minimum atomic E-state index is -0.551. The maximum atomic E-state index is 11.3. The Hall–Kier alpha value is -1.59. The summed E-state index contributed by atoms with van der Waals surface area (Å²) in [4.78, 5) is 11.3. The Morgan fingerprint density at radius 1 is 1.35 bits per heavy atom. The number of hydrogen-bond donors (Lipinski definition) is 3. The van der Waals surface area contributed by atoms with E-state index in [9.17, 15) is 9.90 Å². The molecular formula is C15H22N2O3. The summed E-state index contributed by atoms with van der Waals surface area (Å²) < 4.78 is 4.65. The SMILES string of the molecule is COC(=O)c1ccc(NCCC2(O)CCNCC2)cc1. The van der Waals surface area contributed by atoms with E-state index in [1.54, 1.807) is 12.1 Å². The minimum Gasteiger partial charge on any atom is -0.465 e. The normalized spacial score (nSPS) is 17.5. The van der Waals surface area contributed by atoms with Crippen LogP contribution in [0, 0.1) is 0 Å².